The summed E-state index contributed by atoms with van der Waals surface area (Å²) in [6.45, 7) is 5.88. The summed E-state index contributed by atoms with van der Waals surface area (Å²) in [4.78, 5) is 6.58. The summed E-state index contributed by atoms with van der Waals surface area (Å²) in [6, 6.07) is 14.9. The highest BCUT2D eigenvalue weighted by atomic mass is 16.3. The topological polar surface area (TPSA) is 56.1 Å². The average molecular weight is 312 g/mol. The minimum absolute atomic E-state index is 0.0706. The van der Waals surface area contributed by atoms with E-state index < -0.39 is 0 Å². The first kappa shape index (κ1) is 17.0. The van der Waals surface area contributed by atoms with E-state index in [1.807, 2.05) is 42.5 Å². The van der Waals surface area contributed by atoms with E-state index in [1.165, 1.54) is 0 Å². The summed E-state index contributed by atoms with van der Waals surface area (Å²) < 4.78 is 0. The van der Waals surface area contributed by atoms with Crippen molar-refractivity contribution in [3.05, 3.63) is 59.7 Å². The third kappa shape index (κ3) is 4.33. The molecule has 0 fully saturated rings. The van der Waals surface area contributed by atoms with Crippen molar-refractivity contribution in [2.24, 2.45) is 4.99 Å². The zero-order valence-electron chi connectivity index (χ0n) is 13.7. The molecular weight excluding hydrogens is 288 g/mol. The number of hydrogen-bond acceptors (Lipinski definition) is 4. The molecule has 0 aliphatic heterocycles. The van der Waals surface area contributed by atoms with E-state index in [2.05, 4.69) is 23.7 Å². The molecule has 0 aliphatic carbocycles. The van der Waals surface area contributed by atoms with Crippen molar-refractivity contribution in [2.75, 3.05) is 24.6 Å². The lowest BCUT2D eigenvalue weighted by molar-refractivity contribution is 0.269. The van der Waals surface area contributed by atoms with Gasteiger partial charge in [0.15, 0.2) is 0 Å². The largest absolute Gasteiger partial charge is 0.507 e. The van der Waals surface area contributed by atoms with Crippen molar-refractivity contribution in [1.82, 2.24) is 0 Å². The van der Waals surface area contributed by atoms with Crippen molar-refractivity contribution < 1.29 is 10.2 Å². The number of phenols is 1. The number of benzene rings is 2. The molecular formula is C19H24N2O2. The Bertz CT molecular complexity index is 637. The molecule has 4 nitrogen and oxygen atoms in total. The number of aliphatic hydroxyl groups is 1. The van der Waals surface area contributed by atoms with E-state index in [4.69, 9.17) is 0 Å². The third-order valence-corrected chi connectivity index (χ3v) is 3.89. The normalized spacial score (nSPS) is 12.5. The van der Waals surface area contributed by atoms with Crippen LogP contribution in [0, 0.1) is 0 Å². The van der Waals surface area contributed by atoms with Gasteiger partial charge >= 0.3 is 0 Å². The molecule has 0 heterocycles. The van der Waals surface area contributed by atoms with E-state index in [9.17, 15) is 10.2 Å². The lowest BCUT2D eigenvalue weighted by atomic mass is 10.1. The molecule has 0 saturated carbocycles. The maximum Gasteiger partial charge on any atom is 0.126 e. The highest BCUT2D eigenvalue weighted by Gasteiger charge is 2.09. The van der Waals surface area contributed by atoms with Gasteiger partial charge in [0.25, 0.3) is 0 Å². The van der Waals surface area contributed by atoms with Crippen LogP contribution in [0.4, 0.5) is 5.69 Å². The van der Waals surface area contributed by atoms with Crippen LogP contribution in [0.1, 0.15) is 31.0 Å². The molecule has 0 aromatic heterocycles. The fourth-order valence-corrected chi connectivity index (χ4v) is 2.51. The molecule has 122 valence electrons. The predicted molar refractivity (Wildman–Crippen MR) is 95.5 cm³/mol. The number of aliphatic imine (C=N–C) groups is 1. The molecule has 23 heavy (non-hydrogen) atoms. The molecule has 2 aromatic rings. The second kappa shape index (κ2) is 8.34. The van der Waals surface area contributed by atoms with Gasteiger partial charge in [-0.25, -0.2) is 0 Å². The predicted octanol–water partition coefficient (Wildman–Crippen LogP) is 3.39. The Morgan fingerprint density at radius 2 is 1.78 bits per heavy atom. The molecule has 2 rings (SSSR count). The molecule has 0 amide bonds. The Morgan fingerprint density at radius 1 is 1.09 bits per heavy atom. The van der Waals surface area contributed by atoms with Crippen LogP contribution in [0.5, 0.6) is 5.75 Å². The van der Waals surface area contributed by atoms with Crippen LogP contribution in [0.25, 0.3) is 0 Å². The summed E-state index contributed by atoms with van der Waals surface area (Å²) in [5.74, 6) is 0.197. The molecule has 0 aliphatic rings. The Morgan fingerprint density at radius 3 is 2.35 bits per heavy atom. The van der Waals surface area contributed by atoms with Gasteiger partial charge in [0.1, 0.15) is 5.75 Å². The molecule has 0 unspecified atom stereocenters. The summed E-state index contributed by atoms with van der Waals surface area (Å²) in [6.07, 6.45) is 1.62. The van der Waals surface area contributed by atoms with Crippen LogP contribution in [0.3, 0.4) is 0 Å². The van der Waals surface area contributed by atoms with Crippen LogP contribution in [-0.2, 0) is 0 Å². The van der Waals surface area contributed by atoms with Crippen molar-refractivity contribution in [3.8, 4) is 5.75 Å². The number of phenolic OH excluding ortho intramolecular Hbond substituents is 1. The number of aromatic hydroxyl groups is 1. The summed E-state index contributed by atoms with van der Waals surface area (Å²) in [7, 11) is 0. The first-order valence-corrected chi connectivity index (χ1v) is 7.96. The van der Waals surface area contributed by atoms with Gasteiger partial charge in [-0.3, -0.25) is 4.99 Å². The lowest BCUT2D eigenvalue weighted by Gasteiger charge is -2.21. The highest BCUT2D eigenvalue weighted by molar-refractivity contribution is 5.84. The van der Waals surface area contributed by atoms with Crippen LogP contribution in [0.2, 0.25) is 0 Å². The molecule has 0 spiro atoms. The Balaban J connectivity index is 2.19. The van der Waals surface area contributed by atoms with Gasteiger partial charge in [0, 0.05) is 36.6 Å². The quantitative estimate of drug-likeness (QED) is 0.771. The number of aliphatic hydroxyl groups excluding tert-OH is 1. The van der Waals surface area contributed by atoms with Crippen LogP contribution < -0.4 is 4.90 Å². The van der Waals surface area contributed by atoms with E-state index >= 15 is 0 Å². The maximum absolute atomic E-state index is 10.2. The van der Waals surface area contributed by atoms with Gasteiger partial charge < -0.3 is 15.1 Å². The van der Waals surface area contributed by atoms with Crippen molar-refractivity contribution >= 4 is 11.9 Å². The summed E-state index contributed by atoms with van der Waals surface area (Å²) >= 11 is 0. The van der Waals surface area contributed by atoms with Gasteiger partial charge in [-0.1, -0.05) is 30.3 Å². The van der Waals surface area contributed by atoms with Gasteiger partial charge in [-0.15, -0.1) is 0 Å². The number of rotatable bonds is 7. The number of nitrogens with zero attached hydrogens (tertiary/aromatic N) is 2. The second-order valence-electron chi connectivity index (χ2n) is 5.30. The van der Waals surface area contributed by atoms with E-state index in [0.717, 1.165) is 24.3 Å². The van der Waals surface area contributed by atoms with E-state index in [0.29, 0.717) is 5.56 Å². The average Bonchev–Trinajstić information content (AvgIpc) is 2.59. The molecule has 0 radical (unpaired) electrons. The van der Waals surface area contributed by atoms with Crippen LogP contribution in [0.15, 0.2) is 53.5 Å². The monoisotopic (exact) mass is 312 g/mol. The molecule has 2 aromatic carbocycles. The molecule has 0 saturated heterocycles. The molecule has 1 atom stereocenters. The van der Waals surface area contributed by atoms with E-state index in [1.54, 1.807) is 12.3 Å². The van der Waals surface area contributed by atoms with Gasteiger partial charge in [0.2, 0.25) is 0 Å². The van der Waals surface area contributed by atoms with Gasteiger partial charge in [-0.2, -0.15) is 0 Å². The third-order valence-electron chi connectivity index (χ3n) is 3.89. The smallest absolute Gasteiger partial charge is 0.126 e. The minimum Gasteiger partial charge on any atom is -0.507 e. The summed E-state index contributed by atoms with van der Waals surface area (Å²) in [5, 5.41) is 19.7. The number of anilines is 1. The Hall–Kier alpha value is -2.33. The van der Waals surface area contributed by atoms with Crippen LogP contribution >= 0.6 is 0 Å². The Labute approximate surface area is 137 Å². The SMILES string of the molecule is CCN(CC)c1ccc(C=N[C@@H](CO)c2ccccc2)c(O)c1. The second-order valence-corrected chi connectivity index (χ2v) is 5.30. The van der Waals surface area contributed by atoms with Crippen molar-refractivity contribution in [3.63, 3.8) is 0 Å². The van der Waals surface area contributed by atoms with Gasteiger partial charge in [-0.05, 0) is 31.5 Å². The maximum atomic E-state index is 10.2. The molecule has 4 heteroatoms. The molecule has 0 bridgehead atoms. The highest BCUT2D eigenvalue weighted by Crippen LogP contribution is 2.24. The fourth-order valence-electron chi connectivity index (χ4n) is 2.51. The van der Waals surface area contributed by atoms with Crippen LogP contribution in [-0.4, -0.2) is 36.1 Å². The zero-order chi connectivity index (χ0) is 16.7. The zero-order valence-corrected chi connectivity index (χ0v) is 13.7. The van der Waals surface area contributed by atoms with Gasteiger partial charge in [0.05, 0.1) is 12.6 Å². The summed E-state index contributed by atoms with van der Waals surface area (Å²) in [5.41, 5.74) is 2.59. The number of hydrogen-bond donors (Lipinski definition) is 2. The lowest BCUT2D eigenvalue weighted by Crippen LogP contribution is -2.21. The fraction of sp³-hybridized carbons (Fsp3) is 0.316. The molecule has 2 N–H and O–H groups in total. The first-order valence-electron chi connectivity index (χ1n) is 7.96. The minimum atomic E-state index is -0.321. The van der Waals surface area contributed by atoms with Crippen molar-refractivity contribution in [2.45, 2.75) is 19.9 Å². The standard InChI is InChI=1S/C19H24N2O2/c1-3-21(4-2)17-11-10-16(19(23)12-17)13-20-18(14-22)15-8-6-5-7-9-15/h5-13,18,22-23H,3-4,14H2,1-2H3/t18-/m0/s1. The Kier molecular flexibility index (Phi) is 6.18. The van der Waals surface area contributed by atoms with E-state index in [-0.39, 0.29) is 18.4 Å². The first-order chi connectivity index (χ1) is 11.2. The van der Waals surface area contributed by atoms with Crippen molar-refractivity contribution in [1.29, 1.82) is 0 Å².